The second kappa shape index (κ2) is 9.50. The van der Waals surface area contributed by atoms with Crippen LogP contribution in [0.1, 0.15) is 53.9 Å². The van der Waals surface area contributed by atoms with Gasteiger partial charge in [0.15, 0.2) is 23.0 Å². The molecule has 2 aromatic carbocycles. The summed E-state index contributed by atoms with van der Waals surface area (Å²) in [5, 5.41) is 0. The number of benzene rings is 2. The van der Waals surface area contributed by atoms with E-state index in [-0.39, 0.29) is 24.1 Å². The number of anilines is 1. The molecule has 10 nitrogen and oxygen atoms in total. The molecule has 2 aromatic rings. The first kappa shape index (κ1) is 24.2. The molecule has 2 unspecified atom stereocenters. The van der Waals surface area contributed by atoms with Gasteiger partial charge in [0, 0.05) is 12.1 Å². The number of carbonyl (C=O) groups is 1. The number of nitrogen functional groups attached to an aromatic ring is 1. The Hall–Kier alpha value is -3.53. The SMILES string of the molecule is CCOc1c(N)c2c(c(OCC)c1OCC)C(C1Cc3c(cc4c(c3OC)OCO4)CN1C)OC2=O. The summed E-state index contributed by atoms with van der Waals surface area (Å²) in [5.74, 6) is 2.54. The largest absolute Gasteiger partial charge is 0.492 e. The van der Waals surface area contributed by atoms with Crippen molar-refractivity contribution in [2.45, 2.75) is 45.9 Å². The quantitative estimate of drug-likeness (QED) is 0.427. The van der Waals surface area contributed by atoms with E-state index in [0.29, 0.717) is 72.8 Å². The Bertz CT molecular complexity index is 1200. The first-order valence-electron chi connectivity index (χ1n) is 12.2. The van der Waals surface area contributed by atoms with Crippen molar-refractivity contribution in [3.63, 3.8) is 0 Å². The summed E-state index contributed by atoms with van der Waals surface area (Å²) in [7, 11) is 3.62. The third kappa shape index (κ3) is 3.62. The number of cyclic esters (lactones) is 1. The minimum atomic E-state index is -0.639. The number of hydrogen-bond acceptors (Lipinski definition) is 10. The molecule has 2 atom stereocenters. The standard InChI is InChI=1S/C26H32N2O8/c1-6-31-23-18-17(19(27)24(32-7-2)25(23)33-8-3)26(29)36-21(18)15-10-14-13(11-28(15)4)9-16-22(20(14)30-5)35-12-34-16/h9,15,21H,6-8,10-12,27H2,1-5H3. The van der Waals surface area contributed by atoms with E-state index in [1.54, 1.807) is 7.11 Å². The average molecular weight is 501 g/mol. The van der Waals surface area contributed by atoms with Crippen LogP contribution in [0.15, 0.2) is 6.07 Å². The lowest BCUT2D eigenvalue weighted by atomic mass is 9.86. The zero-order valence-corrected chi connectivity index (χ0v) is 21.3. The van der Waals surface area contributed by atoms with Crippen molar-refractivity contribution in [2.75, 3.05) is 46.5 Å². The molecule has 10 heteroatoms. The molecule has 0 saturated carbocycles. The van der Waals surface area contributed by atoms with E-state index in [9.17, 15) is 4.79 Å². The second-order valence-corrected chi connectivity index (χ2v) is 8.78. The average Bonchev–Trinajstić information content (AvgIpc) is 3.46. The molecule has 0 radical (unpaired) electrons. The highest BCUT2D eigenvalue weighted by atomic mass is 16.7. The van der Waals surface area contributed by atoms with Crippen LogP contribution in [0.2, 0.25) is 0 Å². The van der Waals surface area contributed by atoms with Crippen LogP contribution in [0.25, 0.3) is 0 Å². The van der Waals surface area contributed by atoms with Gasteiger partial charge in [-0.3, -0.25) is 4.90 Å². The number of methoxy groups -OCH3 is 1. The first-order chi connectivity index (χ1) is 17.4. The van der Waals surface area contributed by atoms with E-state index < -0.39 is 12.1 Å². The lowest BCUT2D eigenvalue weighted by Gasteiger charge is -2.38. The van der Waals surface area contributed by atoms with Crippen molar-refractivity contribution in [3.8, 4) is 34.5 Å². The molecule has 2 N–H and O–H groups in total. The van der Waals surface area contributed by atoms with Crippen molar-refractivity contribution in [2.24, 2.45) is 0 Å². The van der Waals surface area contributed by atoms with Gasteiger partial charge in [0.1, 0.15) is 6.10 Å². The van der Waals surface area contributed by atoms with Crippen LogP contribution in [0, 0.1) is 0 Å². The van der Waals surface area contributed by atoms with Crippen LogP contribution < -0.4 is 34.2 Å². The summed E-state index contributed by atoms with van der Waals surface area (Å²) >= 11 is 0. The van der Waals surface area contributed by atoms with Crippen molar-refractivity contribution in [1.82, 2.24) is 4.90 Å². The molecular weight excluding hydrogens is 468 g/mol. The molecule has 3 aliphatic rings. The number of nitrogens with zero attached hydrogens (tertiary/aromatic N) is 1. The van der Waals surface area contributed by atoms with Gasteiger partial charge in [-0.25, -0.2) is 4.79 Å². The summed E-state index contributed by atoms with van der Waals surface area (Å²) in [5.41, 5.74) is 9.62. The van der Waals surface area contributed by atoms with E-state index in [0.717, 1.165) is 11.1 Å². The van der Waals surface area contributed by atoms with Crippen LogP contribution in [-0.4, -0.2) is 57.7 Å². The number of esters is 1. The van der Waals surface area contributed by atoms with E-state index in [1.807, 2.05) is 33.9 Å². The molecule has 0 aliphatic carbocycles. The minimum absolute atomic E-state index is 0.154. The zero-order valence-electron chi connectivity index (χ0n) is 21.3. The number of nitrogens with two attached hydrogens (primary N) is 1. The lowest BCUT2D eigenvalue weighted by Crippen LogP contribution is -2.42. The van der Waals surface area contributed by atoms with Gasteiger partial charge < -0.3 is 38.9 Å². The molecule has 0 saturated heterocycles. The van der Waals surface area contributed by atoms with Gasteiger partial charge >= 0.3 is 5.97 Å². The predicted octanol–water partition coefficient (Wildman–Crippen LogP) is 3.47. The summed E-state index contributed by atoms with van der Waals surface area (Å²) in [4.78, 5) is 15.4. The highest BCUT2D eigenvalue weighted by Crippen LogP contribution is 2.55. The lowest BCUT2D eigenvalue weighted by molar-refractivity contribution is 0.00749. The number of rotatable bonds is 8. The van der Waals surface area contributed by atoms with Crippen LogP contribution in [0.5, 0.6) is 34.5 Å². The van der Waals surface area contributed by atoms with Crippen molar-refractivity contribution in [1.29, 1.82) is 0 Å². The Labute approximate surface area is 210 Å². The second-order valence-electron chi connectivity index (χ2n) is 8.78. The first-order valence-corrected chi connectivity index (χ1v) is 12.2. The summed E-state index contributed by atoms with van der Waals surface area (Å²) < 4.78 is 40.9. The minimum Gasteiger partial charge on any atom is -0.492 e. The predicted molar refractivity (Wildman–Crippen MR) is 131 cm³/mol. The van der Waals surface area contributed by atoms with Crippen molar-refractivity contribution < 1.29 is 38.0 Å². The summed E-state index contributed by atoms with van der Waals surface area (Å²) in [6.45, 7) is 7.44. The van der Waals surface area contributed by atoms with Crippen LogP contribution in [-0.2, 0) is 17.7 Å². The Morgan fingerprint density at radius 3 is 2.42 bits per heavy atom. The molecule has 0 amide bonds. The maximum Gasteiger partial charge on any atom is 0.341 e. The van der Waals surface area contributed by atoms with E-state index in [1.165, 1.54) is 0 Å². The van der Waals surface area contributed by atoms with Gasteiger partial charge in [-0.05, 0) is 45.9 Å². The van der Waals surface area contributed by atoms with Gasteiger partial charge in [-0.1, -0.05) is 0 Å². The molecule has 3 aliphatic heterocycles. The van der Waals surface area contributed by atoms with Gasteiger partial charge in [0.05, 0.1) is 49.8 Å². The highest BCUT2D eigenvalue weighted by molar-refractivity contribution is 6.03. The van der Waals surface area contributed by atoms with Crippen molar-refractivity contribution >= 4 is 11.7 Å². The topological polar surface area (TPSA) is 111 Å². The zero-order chi connectivity index (χ0) is 25.6. The Morgan fingerprint density at radius 2 is 1.72 bits per heavy atom. The van der Waals surface area contributed by atoms with Crippen molar-refractivity contribution in [3.05, 3.63) is 28.3 Å². The molecule has 3 heterocycles. The Balaban J connectivity index is 1.64. The smallest absolute Gasteiger partial charge is 0.341 e. The van der Waals surface area contributed by atoms with Crippen LogP contribution >= 0.6 is 0 Å². The number of ether oxygens (including phenoxy) is 7. The van der Waals surface area contributed by atoms with Gasteiger partial charge in [-0.15, -0.1) is 0 Å². The fourth-order valence-electron chi connectivity index (χ4n) is 5.34. The van der Waals surface area contributed by atoms with E-state index in [4.69, 9.17) is 38.9 Å². The fraction of sp³-hybridized carbons (Fsp3) is 0.500. The number of likely N-dealkylation sites (N-methyl/N-ethyl adjacent to an activating group) is 1. The monoisotopic (exact) mass is 500 g/mol. The maximum atomic E-state index is 13.2. The molecule has 5 rings (SSSR count). The van der Waals surface area contributed by atoms with Gasteiger partial charge in [0.25, 0.3) is 0 Å². The molecule has 0 aromatic heterocycles. The third-order valence-electron chi connectivity index (χ3n) is 6.80. The molecule has 0 fully saturated rings. The molecule has 0 bridgehead atoms. The summed E-state index contributed by atoms with van der Waals surface area (Å²) in [6, 6.07) is 1.77. The van der Waals surface area contributed by atoms with E-state index in [2.05, 4.69) is 4.90 Å². The normalized spacial score (nSPS) is 20.0. The number of carbonyl (C=O) groups excluding carboxylic acids is 1. The third-order valence-corrected chi connectivity index (χ3v) is 6.80. The maximum absolute atomic E-state index is 13.2. The van der Waals surface area contributed by atoms with Crippen LogP contribution in [0.3, 0.4) is 0 Å². The molecule has 194 valence electrons. The van der Waals surface area contributed by atoms with Gasteiger partial charge in [0.2, 0.25) is 18.3 Å². The van der Waals surface area contributed by atoms with Crippen LogP contribution in [0.4, 0.5) is 5.69 Å². The fourth-order valence-corrected chi connectivity index (χ4v) is 5.34. The highest BCUT2D eigenvalue weighted by Gasteiger charge is 2.47. The number of fused-ring (bicyclic) bond motifs is 3. The van der Waals surface area contributed by atoms with E-state index >= 15 is 0 Å². The Morgan fingerprint density at radius 1 is 1.03 bits per heavy atom. The molecule has 36 heavy (non-hydrogen) atoms. The number of hydrogen-bond donors (Lipinski definition) is 1. The Kier molecular flexibility index (Phi) is 6.38. The molecular formula is C26H32N2O8. The van der Waals surface area contributed by atoms with Gasteiger partial charge in [-0.2, -0.15) is 0 Å². The summed E-state index contributed by atoms with van der Waals surface area (Å²) in [6.07, 6.45) is -0.0920. The molecule has 0 spiro atoms.